The molecule has 0 amide bonds. The Kier molecular flexibility index (Phi) is 4.48. The van der Waals surface area contributed by atoms with Gasteiger partial charge in [0.15, 0.2) is 0 Å². The molecule has 4 heteroatoms. The smallest absolute Gasteiger partial charge is 0.0862 e. The lowest BCUT2D eigenvalue weighted by atomic mass is 10.0. The molecular weight excluding hydrogens is 262 g/mol. The Morgan fingerprint density at radius 1 is 1.14 bits per heavy atom. The molecule has 0 aliphatic carbocycles. The van der Waals surface area contributed by atoms with E-state index >= 15 is 0 Å². The van der Waals surface area contributed by atoms with E-state index < -0.39 is 0 Å². The van der Waals surface area contributed by atoms with Crippen LogP contribution in [0, 0.1) is 0 Å². The molecule has 2 aromatic rings. The highest BCUT2D eigenvalue weighted by atomic mass is 16.3. The SMILES string of the molecule is O[C@@H](CN1CCC=C(c2ccccc2)C1)Cn1cccn1. The van der Waals surface area contributed by atoms with E-state index in [1.54, 1.807) is 10.9 Å². The zero-order valence-electron chi connectivity index (χ0n) is 12.1. The highest BCUT2D eigenvalue weighted by molar-refractivity contribution is 5.67. The molecule has 0 bridgehead atoms. The van der Waals surface area contributed by atoms with Crippen LogP contribution in [0.4, 0.5) is 0 Å². The van der Waals surface area contributed by atoms with E-state index in [1.165, 1.54) is 11.1 Å². The van der Waals surface area contributed by atoms with Gasteiger partial charge in [0.1, 0.15) is 0 Å². The largest absolute Gasteiger partial charge is 0.390 e. The van der Waals surface area contributed by atoms with Gasteiger partial charge in [-0.15, -0.1) is 0 Å². The molecule has 1 N–H and O–H groups in total. The van der Waals surface area contributed by atoms with Crippen molar-refractivity contribution in [3.8, 4) is 0 Å². The second-order valence-corrected chi connectivity index (χ2v) is 5.50. The van der Waals surface area contributed by atoms with Crippen molar-refractivity contribution in [1.29, 1.82) is 0 Å². The van der Waals surface area contributed by atoms with Crippen LogP contribution in [0.25, 0.3) is 5.57 Å². The molecule has 0 saturated carbocycles. The number of aliphatic hydroxyl groups excluding tert-OH is 1. The number of hydrogen-bond acceptors (Lipinski definition) is 3. The van der Waals surface area contributed by atoms with Crippen LogP contribution in [-0.4, -0.2) is 45.5 Å². The highest BCUT2D eigenvalue weighted by Gasteiger charge is 2.17. The van der Waals surface area contributed by atoms with Crippen LogP contribution in [-0.2, 0) is 6.54 Å². The number of aromatic nitrogens is 2. The van der Waals surface area contributed by atoms with E-state index in [-0.39, 0.29) is 6.10 Å². The molecule has 110 valence electrons. The molecule has 1 aliphatic rings. The highest BCUT2D eigenvalue weighted by Crippen LogP contribution is 2.20. The first-order valence-corrected chi connectivity index (χ1v) is 7.43. The Labute approximate surface area is 125 Å². The first kappa shape index (κ1) is 14.0. The van der Waals surface area contributed by atoms with Gasteiger partial charge in [-0.2, -0.15) is 5.10 Å². The second-order valence-electron chi connectivity index (χ2n) is 5.50. The van der Waals surface area contributed by atoms with E-state index in [1.807, 2.05) is 18.3 Å². The lowest BCUT2D eigenvalue weighted by molar-refractivity contribution is 0.100. The van der Waals surface area contributed by atoms with Crippen molar-refractivity contribution >= 4 is 5.57 Å². The maximum Gasteiger partial charge on any atom is 0.0862 e. The van der Waals surface area contributed by atoms with Gasteiger partial charge in [0.25, 0.3) is 0 Å². The van der Waals surface area contributed by atoms with Crippen molar-refractivity contribution < 1.29 is 5.11 Å². The van der Waals surface area contributed by atoms with Crippen molar-refractivity contribution in [1.82, 2.24) is 14.7 Å². The van der Waals surface area contributed by atoms with Crippen molar-refractivity contribution in [2.24, 2.45) is 0 Å². The van der Waals surface area contributed by atoms with Crippen LogP contribution < -0.4 is 0 Å². The first-order chi connectivity index (χ1) is 10.3. The van der Waals surface area contributed by atoms with Crippen LogP contribution in [0.5, 0.6) is 0 Å². The van der Waals surface area contributed by atoms with Crippen LogP contribution in [0.1, 0.15) is 12.0 Å². The molecule has 0 fully saturated rings. The van der Waals surface area contributed by atoms with E-state index in [4.69, 9.17) is 0 Å². The van der Waals surface area contributed by atoms with E-state index in [0.717, 1.165) is 19.5 Å². The van der Waals surface area contributed by atoms with Crippen LogP contribution in [0.15, 0.2) is 54.9 Å². The van der Waals surface area contributed by atoms with Gasteiger partial charge < -0.3 is 5.11 Å². The summed E-state index contributed by atoms with van der Waals surface area (Å²) in [5.74, 6) is 0. The fraction of sp³-hybridized carbons (Fsp3) is 0.353. The van der Waals surface area contributed by atoms with Gasteiger partial charge in [0.05, 0.1) is 12.6 Å². The van der Waals surface area contributed by atoms with Gasteiger partial charge in [-0.25, -0.2) is 0 Å². The van der Waals surface area contributed by atoms with Crippen molar-refractivity contribution in [3.63, 3.8) is 0 Å². The average molecular weight is 283 g/mol. The number of hydrogen-bond donors (Lipinski definition) is 1. The Bertz CT molecular complexity index is 577. The zero-order valence-corrected chi connectivity index (χ0v) is 12.1. The summed E-state index contributed by atoms with van der Waals surface area (Å²) >= 11 is 0. The second kappa shape index (κ2) is 6.70. The Balaban J connectivity index is 1.57. The molecule has 0 spiro atoms. The van der Waals surface area contributed by atoms with Crippen LogP contribution >= 0.6 is 0 Å². The van der Waals surface area contributed by atoms with E-state index in [0.29, 0.717) is 13.1 Å². The lowest BCUT2D eigenvalue weighted by Crippen LogP contribution is -2.38. The number of β-amino-alcohol motifs (C(OH)–C–C–N with tert-alkyl or cyclic N) is 1. The molecule has 4 nitrogen and oxygen atoms in total. The summed E-state index contributed by atoms with van der Waals surface area (Å²) in [7, 11) is 0. The van der Waals surface area contributed by atoms with Gasteiger partial charge in [0.2, 0.25) is 0 Å². The standard InChI is InChI=1S/C17H21N3O/c21-17(14-20-11-5-9-18-20)13-19-10-4-8-16(12-19)15-6-2-1-3-7-15/h1-3,5-9,11,17,21H,4,10,12-14H2/t17-/m0/s1. The molecule has 0 radical (unpaired) electrons. The molecule has 3 rings (SSSR count). The third-order valence-corrected chi connectivity index (χ3v) is 3.80. The summed E-state index contributed by atoms with van der Waals surface area (Å²) in [6.45, 7) is 3.14. The third kappa shape index (κ3) is 3.80. The predicted molar refractivity (Wildman–Crippen MR) is 83.7 cm³/mol. The molecule has 2 heterocycles. The normalized spacial score (nSPS) is 17.5. The van der Waals surface area contributed by atoms with Crippen molar-refractivity contribution in [3.05, 3.63) is 60.4 Å². The van der Waals surface area contributed by atoms with Crippen molar-refractivity contribution in [2.75, 3.05) is 19.6 Å². The minimum absolute atomic E-state index is 0.389. The number of nitrogens with zero attached hydrogens (tertiary/aromatic N) is 3. The molecule has 1 aliphatic heterocycles. The Hall–Kier alpha value is -1.91. The quantitative estimate of drug-likeness (QED) is 0.913. The molecule has 0 saturated heterocycles. The predicted octanol–water partition coefficient (Wildman–Crippen LogP) is 2.03. The topological polar surface area (TPSA) is 41.3 Å². The molecule has 21 heavy (non-hydrogen) atoms. The number of benzene rings is 1. The Morgan fingerprint density at radius 3 is 2.76 bits per heavy atom. The maximum absolute atomic E-state index is 10.2. The summed E-state index contributed by atoms with van der Waals surface area (Å²) < 4.78 is 1.78. The summed E-state index contributed by atoms with van der Waals surface area (Å²) in [6, 6.07) is 12.4. The van der Waals surface area contributed by atoms with Crippen LogP contribution in [0.3, 0.4) is 0 Å². The molecule has 1 atom stereocenters. The molecular formula is C17H21N3O. The zero-order chi connectivity index (χ0) is 14.5. The average Bonchev–Trinajstić information content (AvgIpc) is 3.01. The summed E-state index contributed by atoms with van der Waals surface area (Å²) in [4.78, 5) is 2.32. The number of rotatable bonds is 5. The third-order valence-electron chi connectivity index (χ3n) is 3.80. The summed E-state index contributed by atoms with van der Waals surface area (Å²) in [5, 5.41) is 14.3. The van der Waals surface area contributed by atoms with Crippen LogP contribution in [0.2, 0.25) is 0 Å². The van der Waals surface area contributed by atoms with E-state index in [2.05, 4.69) is 40.3 Å². The molecule has 1 aromatic carbocycles. The minimum Gasteiger partial charge on any atom is -0.390 e. The van der Waals surface area contributed by atoms with Gasteiger partial charge in [-0.1, -0.05) is 36.4 Å². The van der Waals surface area contributed by atoms with Gasteiger partial charge in [-0.3, -0.25) is 9.58 Å². The van der Waals surface area contributed by atoms with Gasteiger partial charge >= 0.3 is 0 Å². The van der Waals surface area contributed by atoms with Gasteiger partial charge in [0, 0.05) is 32.0 Å². The maximum atomic E-state index is 10.2. The minimum atomic E-state index is -0.389. The fourth-order valence-corrected chi connectivity index (χ4v) is 2.80. The Morgan fingerprint density at radius 2 is 2.00 bits per heavy atom. The monoisotopic (exact) mass is 283 g/mol. The fourth-order valence-electron chi connectivity index (χ4n) is 2.80. The number of aliphatic hydroxyl groups is 1. The lowest BCUT2D eigenvalue weighted by Gasteiger charge is -2.29. The van der Waals surface area contributed by atoms with E-state index in [9.17, 15) is 5.11 Å². The first-order valence-electron chi connectivity index (χ1n) is 7.43. The molecule has 1 aromatic heterocycles. The summed E-state index contributed by atoms with van der Waals surface area (Å²) in [5.41, 5.74) is 2.64. The molecule has 0 unspecified atom stereocenters. The van der Waals surface area contributed by atoms with Gasteiger partial charge in [-0.05, 0) is 23.6 Å². The summed E-state index contributed by atoms with van der Waals surface area (Å²) in [6.07, 6.45) is 6.59. The van der Waals surface area contributed by atoms with Crippen molar-refractivity contribution in [2.45, 2.75) is 19.1 Å².